The summed E-state index contributed by atoms with van der Waals surface area (Å²) < 4.78 is 10.6. The SMILES string of the molecule is CCCCCOC(=O)CCC(=O)OC1CC(C)CC(C)C1. The number of ether oxygens (including phenoxy) is 2. The van der Waals surface area contributed by atoms with Crippen molar-refractivity contribution in [3.63, 3.8) is 0 Å². The Balaban J connectivity index is 2.14. The summed E-state index contributed by atoms with van der Waals surface area (Å²) in [6, 6.07) is 0. The standard InChI is InChI=1S/C17H30O4/c1-4-5-6-9-20-16(18)7-8-17(19)21-15-11-13(2)10-14(3)12-15/h13-15H,4-12H2,1-3H3. The van der Waals surface area contributed by atoms with Crippen molar-refractivity contribution in [1.82, 2.24) is 0 Å². The quantitative estimate of drug-likeness (QED) is 0.504. The molecule has 0 saturated heterocycles. The van der Waals surface area contributed by atoms with Crippen LogP contribution in [0.3, 0.4) is 0 Å². The van der Waals surface area contributed by atoms with E-state index < -0.39 is 0 Å². The van der Waals surface area contributed by atoms with E-state index in [0.29, 0.717) is 18.4 Å². The molecule has 21 heavy (non-hydrogen) atoms. The third-order valence-corrected chi connectivity index (χ3v) is 3.98. The lowest BCUT2D eigenvalue weighted by Crippen LogP contribution is -2.28. The van der Waals surface area contributed by atoms with E-state index >= 15 is 0 Å². The van der Waals surface area contributed by atoms with Crippen LogP contribution in [0.2, 0.25) is 0 Å². The molecule has 0 aromatic carbocycles. The minimum Gasteiger partial charge on any atom is -0.466 e. The average Bonchev–Trinajstić information content (AvgIpc) is 2.40. The maximum Gasteiger partial charge on any atom is 0.306 e. The summed E-state index contributed by atoms with van der Waals surface area (Å²) >= 11 is 0. The van der Waals surface area contributed by atoms with E-state index in [1.807, 2.05) is 0 Å². The lowest BCUT2D eigenvalue weighted by molar-refractivity contribution is -0.155. The molecule has 0 radical (unpaired) electrons. The van der Waals surface area contributed by atoms with Crippen LogP contribution in [0.5, 0.6) is 0 Å². The Labute approximate surface area is 128 Å². The second kappa shape index (κ2) is 9.80. The number of hydrogen-bond donors (Lipinski definition) is 0. The van der Waals surface area contributed by atoms with Gasteiger partial charge in [0.05, 0.1) is 19.4 Å². The molecule has 2 unspecified atom stereocenters. The first-order chi connectivity index (χ1) is 10.0. The van der Waals surface area contributed by atoms with Crippen molar-refractivity contribution in [3.05, 3.63) is 0 Å². The van der Waals surface area contributed by atoms with Gasteiger partial charge in [0, 0.05) is 0 Å². The van der Waals surface area contributed by atoms with Gasteiger partial charge in [-0.05, 0) is 37.5 Å². The van der Waals surface area contributed by atoms with E-state index in [0.717, 1.165) is 32.1 Å². The highest BCUT2D eigenvalue weighted by molar-refractivity contribution is 5.77. The molecule has 0 spiro atoms. The summed E-state index contributed by atoms with van der Waals surface area (Å²) in [4.78, 5) is 23.3. The third-order valence-electron chi connectivity index (χ3n) is 3.98. The Morgan fingerprint density at radius 3 is 2.19 bits per heavy atom. The Hall–Kier alpha value is -1.06. The topological polar surface area (TPSA) is 52.6 Å². The maximum absolute atomic E-state index is 11.8. The van der Waals surface area contributed by atoms with Gasteiger partial charge >= 0.3 is 11.9 Å². The maximum atomic E-state index is 11.8. The molecule has 0 aromatic heterocycles. The summed E-state index contributed by atoms with van der Waals surface area (Å²) in [5, 5.41) is 0. The fourth-order valence-electron chi connectivity index (χ4n) is 3.03. The summed E-state index contributed by atoms with van der Waals surface area (Å²) in [5.74, 6) is 0.644. The van der Waals surface area contributed by atoms with E-state index in [1.54, 1.807) is 0 Å². The molecule has 1 saturated carbocycles. The van der Waals surface area contributed by atoms with Crippen LogP contribution < -0.4 is 0 Å². The van der Waals surface area contributed by atoms with E-state index in [9.17, 15) is 9.59 Å². The summed E-state index contributed by atoms with van der Waals surface area (Å²) in [5.41, 5.74) is 0. The van der Waals surface area contributed by atoms with Crippen LogP contribution in [0.25, 0.3) is 0 Å². The number of rotatable bonds is 8. The van der Waals surface area contributed by atoms with Crippen LogP contribution in [0, 0.1) is 11.8 Å². The van der Waals surface area contributed by atoms with E-state index in [2.05, 4.69) is 20.8 Å². The number of hydrogen-bond acceptors (Lipinski definition) is 4. The number of carbonyl (C=O) groups is 2. The normalized spacial score (nSPS) is 25.4. The molecule has 1 fully saturated rings. The van der Waals surface area contributed by atoms with E-state index in [1.165, 1.54) is 6.42 Å². The molecule has 0 N–H and O–H groups in total. The van der Waals surface area contributed by atoms with Gasteiger partial charge in [0.1, 0.15) is 6.10 Å². The first kappa shape index (κ1) is 18.0. The second-order valence-electron chi connectivity index (χ2n) is 6.46. The zero-order valence-electron chi connectivity index (χ0n) is 13.7. The molecule has 0 aromatic rings. The first-order valence-corrected chi connectivity index (χ1v) is 8.36. The number of unbranched alkanes of at least 4 members (excludes halogenated alkanes) is 2. The lowest BCUT2D eigenvalue weighted by atomic mass is 9.82. The van der Waals surface area contributed by atoms with E-state index in [-0.39, 0.29) is 30.9 Å². The van der Waals surface area contributed by atoms with Crippen LogP contribution in [0.1, 0.15) is 72.1 Å². The van der Waals surface area contributed by atoms with Gasteiger partial charge in [-0.2, -0.15) is 0 Å². The molecule has 1 rings (SSSR count). The molecule has 0 amide bonds. The van der Waals surface area contributed by atoms with Crippen LogP contribution in [-0.2, 0) is 19.1 Å². The van der Waals surface area contributed by atoms with Crippen molar-refractivity contribution >= 4 is 11.9 Å². The van der Waals surface area contributed by atoms with Gasteiger partial charge in [0.15, 0.2) is 0 Å². The molecule has 2 atom stereocenters. The van der Waals surface area contributed by atoms with Crippen molar-refractivity contribution < 1.29 is 19.1 Å². The van der Waals surface area contributed by atoms with Crippen LogP contribution in [-0.4, -0.2) is 24.6 Å². The highest BCUT2D eigenvalue weighted by Gasteiger charge is 2.26. The Morgan fingerprint density at radius 1 is 0.952 bits per heavy atom. The van der Waals surface area contributed by atoms with Gasteiger partial charge in [-0.1, -0.05) is 33.6 Å². The molecular formula is C17H30O4. The average molecular weight is 298 g/mol. The smallest absolute Gasteiger partial charge is 0.306 e. The molecule has 4 heteroatoms. The summed E-state index contributed by atoms with van der Waals surface area (Å²) in [6.45, 7) is 6.96. The molecule has 0 heterocycles. The third kappa shape index (κ3) is 8.08. The molecule has 0 bridgehead atoms. The Morgan fingerprint density at radius 2 is 1.57 bits per heavy atom. The minimum atomic E-state index is -0.298. The van der Waals surface area contributed by atoms with Gasteiger partial charge in [0.2, 0.25) is 0 Å². The summed E-state index contributed by atoms with van der Waals surface area (Å²) in [7, 11) is 0. The van der Waals surface area contributed by atoms with Crippen LogP contribution in [0.15, 0.2) is 0 Å². The Kier molecular flexibility index (Phi) is 8.40. The summed E-state index contributed by atoms with van der Waals surface area (Å²) in [6.07, 6.45) is 6.43. The van der Waals surface area contributed by atoms with Crippen molar-refractivity contribution in [3.8, 4) is 0 Å². The lowest BCUT2D eigenvalue weighted by Gasteiger charge is -2.31. The van der Waals surface area contributed by atoms with Crippen molar-refractivity contribution in [2.24, 2.45) is 11.8 Å². The van der Waals surface area contributed by atoms with E-state index in [4.69, 9.17) is 9.47 Å². The molecule has 1 aliphatic rings. The van der Waals surface area contributed by atoms with Crippen LogP contribution >= 0.6 is 0 Å². The first-order valence-electron chi connectivity index (χ1n) is 8.36. The van der Waals surface area contributed by atoms with Gasteiger partial charge in [-0.15, -0.1) is 0 Å². The van der Waals surface area contributed by atoms with Gasteiger partial charge in [-0.25, -0.2) is 0 Å². The molecular weight excluding hydrogens is 268 g/mol. The minimum absolute atomic E-state index is 0.0248. The fourth-order valence-corrected chi connectivity index (χ4v) is 3.03. The predicted octanol–water partition coefficient (Wildman–Crippen LogP) is 3.87. The number of carbonyl (C=O) groups excluding carboxylic acids is 2. The highest BCUT2D eigenvalue weighted by Crippen LogP contribution is 2.30. The largest absolute Gasteiger partial charge is 0.466 e. The van der Waals surface area contributed by atoms with Crippen molar-refractivity contribution in [2.75, 3.05) is 6.61 Å². The van der Waals surface area contributed by atoms with Gasteiger partial charge in [0.25, 0.3) is 0 Å². The van der Waals surface area contributed by atoms with Crippen LogP contribution in [0.4, 0.5) is 0 Å². The monoisotopic (exact) mass is 298 g/mol. The fraction of sp³-hybridized carbons (Fsp3) is 0.882. The van der Waals surface area contributed by atoms with Crippen molar-refractivity contribution in [2.45, 2.75) is 78.2 Å². The molecule has 122 valence electrons. The molecule has 1 aliphatic carbocycles. The number of esters is 2. The zero-order chi connectivity index (χ0) is 15.7. The van der Waals surface area contributed by atoms with Gasteiger partial charge in [-0.3, -0.25) is 9.59 Å². The second-order valence-corrected chi connectivity index (χ2v) is 6.46. The zero-order valence-corrected chi connectivity index (χ0v) is 13.7. The highest BCUT2D eigenvalue weighted by atomic mass is 16.5. The van der Waals surface area contributed by atoms with Crippen molar-refractivity contribution in [1.29, 1.82) is 0 Å². The molecule has 0 aliphatic heterocycles. The van der Waals surface area contributed by atoms with Gasteiger partial charge < -0.3 is 9.47 Å². The Bertz CT molecular complexity index is 317. The predicted molar refractivity (Wildman–Crippen MR) is 81.8 cm³/mol. The molecule has 4 nitrogen and oxygen atoms in total.